The molecule has 172 valence electrons. The highest BCUT2D eigenvalue weighted by atomic mass is 79.9. The molecule has 0 aliphatic carbocycles. The second-order valence-corrected chi connectivity index (χ2v) is 16.6. The number of nitrogens with zero attached hydrogens (tertiary/aromatic N) is 3. The van der Waals surface area contributed by atoms with Gasteiger partial charge in [0.25, 0.3) is 0 Å². The fourth-order valence-electron chi connectivity index (χ4n) is 4.15. The highest BCUT2D eigenvalue weighted by Gasteiger charge is 2.55. The zero-order valence-corrected chi connectivity index (χ0v) is 22.2. The Balaban J connectivity index is 2.04. The lowest BCUT2D eigenvalue weighted by Gasteiger charge is -2.50. The average molecular weight is 531 g/mol. The first-order valence-corrected chi connectivity index (χ1v) is 14.9. The van der Waals surface area contributed by atoms with Crippen LogP contribution < -0.4 is 0 Å². The highest BCUT2D eigenvalue weighted by Crippen LogP contribution is 2.51. The molecule has 3 atom stereocenters. The van der Waals surface area contributed by atoms with Gasteiger partial charge in [-0.05, 0) is 51.9 Å². The van der Waals surface area contributed by atoms with E-state index in [1.165, 1.54) is 0 Å². The van der Waals surface area contributed by atoms with Gasteiger partial charge in [-0.25, -0.2) is 9.67 Å². The minimum absolute atomic E-state index is 0.0745. The first kappa shape index (κ1) is 24.9. The number of rotatable bonds is 6. The maximum Gasteiger partial charge on any atom is 0.217 e. The molecule has 1 aromatic heterocycles. The van der Waals surface area contributed by atoms with Crippen LogP contribution in [-0.4, -0.2) is 39.7 Å². The van der Waals surface area contributed by atoms with Gasteiger partial charge < -0.3 is 14.9 Å². The van der Waals surface area contributed by atoms with Crippen molar-refractivity contribution >= 4 is 35.6 Å². The number of ether oxygens (including phenoxy) is 1. The normalized spacial score (nSPS) is 21.0. The summed E-state index contributed by atoms with van der Waals surface area (Å²) in [6.45, 7) is 11.4. The first-order chi connectivity index (χ1) is 14.4. The molecule has 2 heterocycles. The largest absolute Gasteiger partial charge is 0.389 e. The molecule has 0 amide bonds. The quantitative estimate of drug-likeness (QED) is 0.465. The molecule has 1 fully saturated rings. The smallest absolute Gasteiger partial charge is 0.217 e. The summed E-state index contributed by atoms with van der Waals surface area (Å²) in [4.78, 5) is 4.44. The van der Waals surface area contributed by atoms with Crippen LogP contribution >= 0.6 is 27.5 Å². The molecular weight excluding hydrogens is 498 g/mol. The van der Waals surface area contributed by atoms with Gasteiger partial charge in [-0.2, -0.15) is 0 Å². The van der Waals surface area contributed by atoms with Crippen LogP contribution in [-0.2, 0) is 9.96 Å². The molecular formula is C22H33BrClN3O3Si. The SMILES string of the molecule is CC(C)(C)[Si](C)(C)C(O)(CC(O)c1nc(Br)nn1C1CCCCO1)c1ccccc1Cl. The predicted octanol–water partition coefficient (Wildman–Crippen LogP) is 5.75. The van der Waals surface area contributed by atoms with Crippen LogP contribution in [0.15, 0.2) is 29.0 Å². The van der Waals surface area contributed by atoms with Crippen molar-refractivity contribution in [1.29, 1.82) is 0 Å². The van der Waals surface area contributed by atoms with E-state index in [0.717, 1.165) is 19.3 Å². The highest BCUT2D eigenvalue weighted by molar-refractivity contribution is 9.10. The Bertz CT molecular complexity index is 912. The van der Waals surface area contributed by atoms with Crippen LogP contribution in [0.2, 0.25) is 23.2 Å². The summed E-state index contributed by atoms with van der Waals surface area (Å²) in [7, 11) is -2.47. The van der Waals surface area contributed by atoms with E-state index in [1.807, 2.05) is 18.2 Å². The summed E-state index contributed by atoms with van der Waals surface area (Å²) in [5.41, 5.74) is 0.654. The van der Waals surface area contributed by atoms with Gasteiger partial charge in [0.15, 0.2) is 12.1 Å². The second kappa shape index (κ2) is 9.23. The van der Waals surface area contributed by atoms with Crippen LogP contribution in [0, 0.1) is 0 Å². The molecule has 0 saturated carbocycles. The van der Waals surface area contributed by atoms with Gasteiger partial charge in [0.1, 0.15) is 6.10 Å². The monoisotopic (exact) mass is 529 g/mol. The van der Waals surface area contributed by atoms with Gasteiger partial charge in [0.05, 0.1) is 13.3 Å². The van der Waals surface area contributed by atoms with Gasteiger partial charge in [-0.3, -0.25) is 0 Å². The van der Waals surface area contributed by atoms with Gasteiger partial charge in [0.2, 0.25) is 4.73 Å². The van der Waals surface area contributed by atoms with Crippen LogP contribution in [0.25, 0.3) is 0 Å². The Morgan fingerprint density at radius 1 is 1.29 bits per heavy atom. The third-order valence-electron chi connectivity index (χ3n) is 7.08. The molecule has 9 heteroatoms. The van der Waals surface area contributed by atoms with Crippen molar-refractivity contribution in [3.63, 3.8) is 0 Å². The zero-order chi connectivity index (χ0) is 23.0. The Morgan fingerprint density at radius 2 is 1.97 bits per heavy atom. The van der Waals surface area contributed by atoms with Crippen molar-refractivity contribution in [2.75, 3.05) is 6.61 Å². The van der Waals surface area contributed by atoms with Gasteiger partial charge in [-0.1, -0.05) is 63.7 Å². The Hall–Kier alpha value is -0.773. The van der Waals surface area contributed by atoms with Crippen LogP contribution in [0.4, 0.5) is 0 Å². The van der Waals surface area contributed by atoms with Crippen molar-refractivity contribution in [2.45, 2.75) is 82.1 Å². The lowest BCUT2D eigenvalue weighted by Crippen LogP contribution is -2.58. The number of hydrogen-bond donors (Lipinski definition) is 2. The van der Waals surface area contributed by atoms with Gasteiger partial charge >= 0.3 is 0 Å². The number of halogens is 2. The summed E-state index contributed by atoms with van der Waals surface area (Å²) < 4.78 is 7.93. The van der Waals surface area contributed by atoms with Gasteiger partial charge in [-0.15, -0.1) is 5.10 Å². The molecule has 2 aromatic rings. The van der Waals surface area contributed by atoms with E-state index in [9.17, 15) is 10.2 Å². The van der Waals surface area contributed by atoms with E-state index in [4.69, 9.17) is 16.3 Å². The molecule has 1 aliphatic rings. The minimum atomic E-state index is -2.47. The summed E-state index contributed by atoms with van der Waals surface area (Å²) in [6, 6.07) is 7.37. The summed E-state index contributed by atoms with van der Waals surface area (Å²) in [5, 5.41) is 27.1. The summed E-state index contributed by atoms with van der Waals surface area (Å²) >= 11 is 9.91. The third kappa shape index (κ3) is 4.79. The molecule has 6 nitrogen and oxygen atoms in total. The average Bonchev–Trinajstić information content (AvgIpc) is 3.10. The fourth-order valence-corrected chi connectivity index (χ4v) is 7.71. The van der Waals surface area contributed by atoms with Crippen LogP contribution in [0.3, 0.4) is 0 Å². The molecule has 0 radical (unpaired) electrons. The third-order valence-corrected chi connectivity index (χ3v) is 14.0. The topological polar surface area (TPSA) is 80.4 Å². The van der Waals surface area contributed by atoms with E-state index in [0.29, 0.717) is 27.8 Å². The zero-order valence-electron chi connectivity index (χ0n) is 18.9. The maximum atomic E-state index is 12.3. The standard InChI is InChI=1S/C22H33BrClN3O3Si/c1-21(2,3)31(4,5)22(29,15-10-6-7-11-16(15)24)14-17(28)19-25-20(23)26-27(19)18-12-8-9-13-30-18/h6-7,10-11,17-18,28-29H,8-9,12-14H2,1-5H3. The van der Waals surface area contributed by atoms with Crippen molar-refractivity contribution in [3.05, 3.63) is 45.4 Å². The molecule has 1 aromatic carbocycles. The number of hydrogen-bond acceptors (Lipinski definition) is 5. The van der Waals surface area contributed by atoms with E-state index < -0.39 is 19.4 Å². The minimum Gasteiger partial charge on any atom is -0.389 e. The lowest BCUT2D eigenvalue weighted by atomic mass is 10.0. The van der Waals surface area contributed by atoms with Gasteiger partial charge in [0, 0.05) is 18.1 Å². The van der Waals surface area contributed by atoms with E-state index in [1.54, 1.807) is 10.7 Å². The van der Waals surface area contributed by atoms with Crippen molar-refractivity contribution in [2.24, 2.45) is 0 Å². The number of aromatic nitrogens is 3. The van der Waals surface area contributed by atoms with Crippen molar-refractivity contribution in [1.82, 2.24) is 14.8 Å². The molecule has 1 aliphatic heterocycles. The molecule has 1 saturated heterocycles. The summed E-state index contributed by atoms with van der Waals surface area (Å²) in [5.74, 6) is 0.392. The molecule has 3 rings (SSSR count). The Morgan fingerprint density at radius 3 is 2.55 bits per heavy atom. The number of aliphatic hydroxyl groups excluding tert-OH is 1. The molecule has 0 bridgehead atoms. The van der Waals surface area contributed by atoms with Crippen LogP contribution in [0.1, 0.15) is 70.2 Å². The number of benzene rings is 1. The maximum absolute atomic E-state index is 12.3. The lowest BCUT2D eigenvalue weighted by molar-refractivity contribution is -0.0481. The first-order valence-electron chi connectivity index (χ1n) is 10.8. The number of aliphatic hydroxyl groups is 2. The Labute approximate surface area is 199 Å². The van der Waals surface area contributed by atoms with Crippen molar-refractivity contribution < 1.29 is 14.9 Å². The second-order valence-electron chi connectivity index (χ2n) is 9.94. The predicted molar refractivity (Wildman–Crippen MR) is 129 cm³/mol. The van der Waals surface area contributed by atoms with Crippen molar-refractivity contribution in [3.8, 4) is 0 Å². The fraction of sp³-hybridized carbons (Fsp3) is 0.636. The Kier molecular flexibility index (Phi) is 7.40. The van der Waals surface area contributed by atoms with E-state index >= 15 is 0 Å². The van der Waals surface area contributed by atoms with Crippen LogP contribution in [0.5, 0.6) is 0 Å². The molecule has 0 spiro atoms. The summed E-state index contributed by atoms with van der Waals surface area (Å²) in [6.07, 6.45) is 1.63. The van der Waals surface area contributed by atoms with E-state index in [-0.39, 0.29) is 17.7 Å². The molecule has 2 N–H and O–H groups in total. The van der Waals surface area contributed by atoms with E-state index in [2.05, 4.69) is 59.9 Å². The molecule has 31 heavy (non-hydrogen) atoms. The molecule has 3 unspecified atom stereocenters.